The Kier molecular flexibility index (Phi) is 4.76. The minimum atomic E-state index is -0.125. The van der Waals surface area contributed by atoms with Gasteiger partial charge in [0.05, 0.1) is 0 Å². The van der Waals surface area contributed by atoms with Crippen molar-refractivity contribution >= 4 is 23.2 Å². The molecule has 0 unspecified atom stereocenters. The van der Waals surface area contributed by atoms with Gasteiger partial charge in [0.2, 0.25) is 5.91 Å². The number of carbonyl (C=O) groups is 2. The number of fused-ring (bicyclic) bond motifs is 1. The Hall–Kier alpha value is -2.14. The van der Waals surface area contributed by atoms with Crippen LogP contribution >= 0.6 is 11.3 Å². The summed E-state index contributed by atoms with van der Waals surface area (Å²) in [5.41, 5.74) is 2.95. The molecule has 5 heteroatoms. The molecule has 1 N–H and O–H groups in total. The Balaban J connectivity index is 1.47. The zero-order valence-electron chi connectivity index (χ0n) is 13.2. The normalized spacial score (nSPS) is 13.5. The van der Waals surface area contributed by atoms with Crippen LogP contribution in [0.4, 0.5) is 0 Å². The van der Waals surface area contributed by atoms with Crippen molar-refractivity contribution in [2.45, 2.75) is 26.3 Å². The second-order valence-electron chi connectivity index (χ2n) is 5.81. The van der Waals surface area contributed by atoms with E-state index in [0.29, 0.717) is 25.1 Å². The van der Waals surface area contributed by atoms with Crippen LogP contribution in [-0.4, -0.2) is 29.8 Å². The molecule has 4 nitrogen and oxygen atoms in total. The summed E-state index contributed by atoms with van der Waals surface area (Å²) in [4.78, 5) is 27.6. The molecule has 3 rings (SSSR count). The summed E-state index contributed by atoms with van der Waals surface area (Å²) < 4.78 is 0. The van der Waals surface area contributed by atoms with Gasteiger partial charge in [-0.25, -0.2) is 0 Å². The van der Waals surface area contributed by atoms with Gasteiger partial charge in [0.25, 0.3) is 5.91 Å². The first-order valence-electron chi connectivity index (χ1n) is 7.81. The third kappa shape index (κ3) is 3.79. The van der Waals surface area contributed by atoms with Gasteiger partial charge in [-0.1, -0.05) is 17.7 Å². The number of benzene rings is 1. The fourth-order valence-corrected chi connectivity index (χ4v) is 3.68. The predicted octanol–water partition coefficient (Wildman–Crippen LogP) is 2.76. The Labute approximate surface area is 140 Å². The number of hydrogen-bond donors (Lipinski definition) is 1. The van der Waals surface area contributed by atoms with Crippen molar-refractivity contribution in [3.8, 4) is 0 Å². The molecule has 23 heavy (non-hydrogen) atoms. The van der Waals surface area contributed by atoms with Crippen LogP contribution in [0.15, 0.2) is 35.7 Å². The van der Waals surface area contributed by atoms with E-state index >= 15 is 0 Å². The lowest BCUT2D eigenvalue weighted by molar-refractivity contribution is -0.131. The monoisotopic (exact) mass is 328 g/mol. The van der Waals surface area contributed by atoms with E-state index in [2.05, 4.69) is 16.8 Å². The molecule has 0 saturated carbocycles. The number of rotatable bonds is 4. The van der Waals surface area contributed by atoms with E-state index in [1.54, 1.807) is 17.4 Å². The summed E-state index contributed by atoms with van der Waals surface area (Å²) in [6.45, 7) is 3.80. The molecule has 1 aromatic carbocycles. The summed E-state index contributed by atoms with van der Waals surface area (Å²) in [5, 5.41) is 4.91. The number of aryl methyl sites for hydroxylation is 1. The van der Waals surface area contributed by atoms with Crippen molar-refractivity contribution < 1.29 is 9.59 Å². The van der Waals surface area contributed by atoms with E-state index < -0.39 is 0 Å². The van der Waals surface area contributed by atoms with E-state index in [1.807, 2.05) is 30.0 Å². The molecule has 0 aliphatic carbocycles. The maximum Gasteiger partial charge on any atom is 0.251 e. The number of nitrogens with one attached hydrogen (secondary N) is 1. The molecule has 1 aromatic heterocycles. The first-order valence-corrected chi connectivity index (χ1v) is 8.69. The smallest absolute Gasteiger partial charge is 0.251 e. The molecule has 1 aliphatic rings. The van der Waals surface area contributed by atoms with E-state index in [1.165, 1.54) is 10.4 Å². The number of thiophene rings is 1. The van der Waals surface area contributed by atoms with Crippen LogP contribution in [0.5, 0.6) is 0 Å². The molecule has 120 valence electrons. The zero-order valence-corrected chi connectivity index (χ0v) is 14.0. The lowest BCUT2D eigenvalue weighted by Crippen LogP contribution is -2.37. The van der Waals surface area contributed by atoms with E-state index in [-0.39, 0.29) is 11.8 Å². The molecule has 2 heterocycles. The van der Waals surface area contributed by atoms with Gasteiger partial charge in [-0.2, -0.15) is 0 Å². The minimum Gasteiger partial charge on any atom is -0.352 e. The van der Waals surface area contributed by atoms with Crippen molar-refractivity contribution in [3.63, 3.8) is 0 Å². The summed E-state index contributed by atoms with van der Waals surface area (Å²) >= 11 is 1.76. The highest BCUT2D eigenvalue weighted by atomic mass is 32.1. The van der Waals surface area contributed by atoms with E-state index in [0.717, 1.165) is 18.5 Å². The van der Waals surface area contributed by atoms with Gasteiger partial charge in [0.15, 0.2) is 0 Å². The molecule has 0 bridgehead atoms. The third-order valence-electron chi connectivity index (χ3n) is 4.07. The number of amides is 2. The average molecular weight is 328 g/mol. The summed E-state index contributed by atoms with van der Waals surface area (Å²) in [6.07, 6.45) is 1.28. The second-order valence-corrected chi connectivity index (χ2v) is 6.81. The van der Waals surface area contributed by atoms with E-state index in [9.17, 15) is 9.59 Å². The van der Waals surface area contributed by atoms with Crippen molar-refractivity contribution in [2.75, 3.05) is 13.1 Å². The first-order chi connectivity index (χ1) is 11.1. The topological polar surface area (TPSA) is 49.4 Å². The summed E-state index contributed by atoms with van der Waals surface area (Å²) in [5.74, 6) is -0.0216. The highest BCUT2D eigenvalue weighted by molar-refractivity contribution is 7.10. The summed E-state index contributed by atoms with van der Waals surface area (Å²) in [7, 11) is 0. The van der Waals surface area contributed by atoms with Gasteiger partial charge in [0, 0.05) is 36.5 Å². The molecule has 0 spiro atoms. The SMILES string of the molecule is Cc1cccc(C(=O)NCCC(=O)N2CCc3sccc3C2)c1. The van der Waals surface area contributed by atoms with Crippen LogP contribution < -0.4 is 5.32 Å². The lowest BCUT2D eigenvalue weighted by atomic mass is 10.1. The molecule has 2 aromatic rings. The van der Waals surface area contributed by atoms with Crippen LogP contribution in [-0.2, 0) is 17.8 Å². The molecule has 2 amide bonds. The number of carbonyl (C=O) groups excluding carboxylic acids is 2. The first kappa shape index (κ1) is 15.7. The zero-order chi connectivity index (χ0) is 16.2. The van der Waals surface area contributed by atoms with Gasteiger partial charge in [-0.3, -0.25) is 9.59 Å². The standard InChI is InChI=1S/C18H20N2O2S/c1-13-3-2-4-14(11-13)18(22)19-8-5-17(21)20-9-6-16-15(12-20)7-10-23-16/h2-4,7,10-11H,5-6,8-9,12H2,1H3,(H,19,22). The quantitative estimate of drug-likeness (QED) is 0.938. The van der Waals surface area contributed by atoms with Gasteiger partial charge in [-0.15, -0.1) is 11.3 Å². The van der Waals surface area contributed by atoms with Gasteiger partial charge in [0.1, 0.15) is 0 Å². The maximum atomic E-state index is 12.3. The average Bonchev–Trinajstić information content (AvgIpc) is 3.02. The second kappa shape index (κ2) is 6.96. The van der Waals surface area contributed by atoms with Crippen LogP contribution in [0.2, 0.25) is 0 Å². The molecule has 0 saturated heterocycles. The number of nitrogens with zero attached hydrogens (tertiary/aromatic N) is 1. The molecular weight excluding hydrogens is 308 g/mol. The van der Waals surface area contributed by atoms with Crippen LogP contribution in [0.3, 0.4) is 0 Å². The van der Waals surface area contributed by atoms with Gasteiger partial charge < -0.3 is 10.2 Å². The van der Waals surface area contributed by atoms with Crippen molar-refractivity contribution in [3.05, 3.63) is 57.3 Å². The highest BCUT2D eigenvalue weighted by Crippen LogP contribution is 2.24. The van der Waals surface area contributed by atoms with Crippen LogP contribution in [0, 0.1) is 6.92 Å². The Morgan fingerprint density at radius 1 is 1.30 bits per heavy atom. The predicted molar refractivity (Wildman–Crippen MR) is 91.6 cm³/mol. The fraction of sp³-hybridized carbons (Fsp3) is 0.333. The minimum absolute atomic E-state index is 0.103. The van der Waals surface area contributed by atoms with Crippen molar-refractivity contribution in [1.82, 2.24) is 10.2 Å². The van der Waals surface area contributed by atoms with E-state index in [4.69, 9.17) is 0 Å². The molecule has 0 atom stereocenters. The summed E-state index contributed by atoms with van der Waals surface area (Å²) in [6, 6.07) is 9.54. The fourth-order valence-electron chi connectivity index (χ4n) is 2.79. The maximum absolute atomic E-state index is 12.3. The Bertz CT molecular complexity index is 723. The molecule has 0 radical (unpaired) electrons. The number of hydrogen-bond acceptors (Lipinski definition) is 3. The largest absolute Gasteiger partial charge is 0.352 e. The van der Waals surface area contributed by atoms with Gasteiger partial charge >= 0.3 is 0 Å². The van der Waals surface area contributed by atoms with Crippen molar-refractivity contribution in [1.29, 1.82) is 0 Å². The third-order valence-corrected chi connectivity index (χ3v) is 5.09. The molecule has 1 aliphatic heterocycles. The molecular formula is C18H20N2O2S. The Morgan fingerprint density at radius 3 is 3.00 bits per heavy atom. The lowest BCUT2D eigenvalue weighted by Gasteiger charge is -2.27. The van der Waals surface area contributed by atoms with Crippen molar-refractivity contribution in [2.24, 2.45) is 0 Å². The molecule has 0 fully saturated rings. The van der Waals surface area contributed by atoms with Gasteiger partial charge in [-0.05, 0) is 42.5 Å². The highest BCUT2D eigenvalue weighted by Gasteiger charge is 2.21. The Morgan fingerprint density at radius 2 is 2.17 bits per heavy atom. The van der Waals surface area contributed by atoms with Crippen LogP contribution in [0.25, 0.3) is 0 Å². The van der Waals surface area contributed by atoms with Crippen LogP contribution in [0.1, 0.15) is 32.8 Å².